The van der Waals surface area contributed by atoms with Crippen LogP contribution in [-0.2, 0) is 19.6 Å². The zero-order chi connectivity index (χ0) is 10.8. The van der Waals surface area contributed by atoms with E-state index in [4.69, 9.17) is 0 Å². The van der Waals surface area contributed by atoms with E-state index >= 15 is 0 Å². The maximum Gasteiger partial charge on any atom is 0.348 e. The number of hydrogen-bond acceptors (Lipinski definition) is 4. The average Bonchev–Trinajstić information content (AvgIpc) is 2.19. The van der Waals surface area contributed by atoms with Crippen molar-refractivity contribution < 1.29 is 19.6 Å². The van der Waals surface area contributed by atoms with Gasteiger partial charge < -0.3 is 0 Å². The predicted molar refractivity (Wildman–Crippen MR) is 52.1 cm³/mol. The summed E-state index contributed by atoms with van der Waals surface area (Å²) >= 11 is 0. The van der Waals surface area contributed by atoms with Crippen molar-refractivity contribution in [1.82, 2.24) is 0 Å². The zero-order valence-electron chi connectivity index (χ0n) is 9.25. The number of unbranched alkanes of at least 4 members (excludes halogenated alkanes) is 1. The Bertz CT molecular complexity index is 143. The summed E-state index contributed by atoms with van der Waals surface area (Å²) in [6.07, 6.45) is 3.42. The molecule has 0 N–H and O–H groups in total. The van der Waals surface area contributed by atoms with Crippen molar-refractivity contribution in [3.05, 3.63) is 0 Å². The molecule has 84 valence electrons. The van der Waals surface area contributed by atoms with Crippen molar-refractivity contribution in [2.24, 2.45) is 5.92 Å². The van der Waals surface area contributed by atoms with E-state index in [-0.39, 0.29) is 11.9 Å². The molecule has 0 aliphatic carbocycles. The Morgan fingerprint density at radius 3 is 2.36 bits per heavy atom. The molecule has 0 saturated carbocycles. The Morgan fingerprint density at radius 2 is 1.86 bits per heavy atom. The van der Waals surface area contributed by atoms with Crippen LogP contribution in [0.4, 0.5) is 0 Å². The maximum absolute atomic E-state index is 11.2. The van der Waals surface area contributed by atoms with E-state index in [0.29, 0.717) is 6.61 Å². The van der Waals surface area contributed by atoms with E-state index in [1.165, 1.54) is 0 Å². The zero-order valence-corrected chi connectivity index (χ0v) is 9.25. The summed E-state index contributed by atoms with van der Waals surface area (Å²) in [5, 5.41) is 4.33. The SMILES string of the molecule is CCCCOOOC(=O)C(CC)CC. The van der Waals surface area contributed by atoms with Gasteiger partial charge in [0.05, 0.1) is 12.5 Å². The summed E-state index contributed by atoms with van der Waals surface area (Å²) in [6.45, 7) is 6.37. The minimum absolute atomic E-state index is 0.0928. The van der Waals surface area contributed by atoms with Crippen LogP contribution in [-0.4, -0.2) is 12.6 Å². The van der Waals surface area contributed by atoms with Crippen LogP contribution in [0.1, 0.15) is 46.5 Å². The van der Waals surface area contributed by atoms with E-state index in [9.17, 15) is 4.79 Å². The van der Waals surface area contributed by atoms with Crippen LogP contribution in [0.15, 0.2) is 0 Å². The molecule has 0 aliphatic rings. The molecule has 0 aromatic rings. The molecule has 0 saturated heterocycles. The molecule has 0 bridgehead atoms. The molecule has 0 aromatic carbocycles. The maximum atomic E-state index is 11.2. The first kappa shape index (κ1) is 13.4. The number of carbonyl (C=O) groups is 1. The lowest BCUT2D eigenvalue weighted by Crippen LogP contribution is -2.16. The van der Waals surface area contributed by atoms with Crippen molar-refractivity contribution in [2.75, 3.05) is 6.61 Å². The topological polar surface area (TPSA) is 44.8 Å². The first-order valence-electron chi connectivity index (χ1n) is 5.26. The molecule has 0 amide bonds. The van der Waals surface area contributed by atoms with Gasteiger partial charge in [-0.15, -0.1) is 0 Å². The second-order valence-electron chi connectivity index (χ2n) is 3.16. The van der Waals surface area contributed by atoms with Crippen molar-refractivity contribution in [3.63, 3.8) is 0 Å². The fourth-order valence-electron chi connectivity index (χ4n) is 0.985. The first-order chi connectivity index (χ1) is 6.76. The van der Waals surface area contributed by atoms with Gasteiger partial charge in [-0.25, -0.2) is 4.79 Å². The summed E-state index contributed by atoms with van der Waals surface area (Å²) in [4.78, 5) is 20.3. The van der Waals surface area contributed by atoms with Gasteiger partial charge in [-0.1, -0.05) is 27.2 Å². The normalized spacial score (nSPS) is 10.6. The van der Waals surface area contributed by atoms with Gasteiger partial charge >= 0.3 is 5.97 Å². The van der Waals surface area contributed by atoms with Gasteiger partial charge in [0.2, 0.25) is 0 Å². The lowest BCUT2D eigenvalue weighted by atomic mass is 10.0. The van der Waals surface area contributed by atoms with Gasteiger partial charge in [-0.05, 0) is 24.3 Å². The second-order valence-corrected chi connectivity index (χ2v) is 3.16. The van der Waals surface area contributed by atoms with Gasteiger partial charge in [0.15, 0.2) is 0 Å². The largest absolute Gasteiger partial charge is 0.348 e. The molecule has 0 aromatic heterocycles. The van der Waals surface area contributed by atoms with Crippen molar-refractivity contribution >= 4 is 5.97 Å². The first-order valence-corrected chi connectivity index (χ1v) is 5.26. The third-order valence-corrected chi connectivity index (χ3v) is 2.06. The third kappa shape index (κ3) is 5.94. The monoisotopic (exact) mass is 204 g/mol. The summed E-state index contributed by atoms with van der Waals surface area (Å²) < 4.78 is 0. The summed E-state index contributed by atoms with van der Waals surface area (Å²) in [6, 6.07) is 0. The smallest absolute Gasteiger partial charge is 0.269 e. The molecule has 0 radical (unpaired) electrons. The van der Waals surface area contributed by atoms with Gasteiger partial charge in [-0.2, -0.15) is 4.89 Å². The summed E-state index contributed by atoms with van der Waals surface area (Å²) in [5.41, 5.74) is 0. The van der Waals surface area contributed by atoms with Crippen LogP contribution in [0.5, 0.6) is 0 Å². The Balaban J connectivity index is 3.43. The minimum atomic E-state index is -0.355. The molecular formula is C10H20O4. The molecule has 0 fully saturated rings. The Morgan fingerprint density at radius 1 is 1.21 bits per heavy atom. The standard InChI is InChI=1S/C10H20O4/c1-4-7-8-12-14-13-10(11)9(5-2)6-3/h9H,4-8H2,1-3H3. The quantitative estimate of drug-likeness (QED) is 0.346. The Labute approximate surface area is 85.4 Å². The van der Waals surface area contributed by atoms with Gasteiger partial charge in [0.25, 0.3) is 0 Å². The fourth-order valence-corrected chi connectivity index (χ4v) is 0.985. The highest BCUT2D eigenvalue weighted by Gasteiger charge is 2.16. The second kappa shape index (κ2) is 8.97. The molecule has 0 atom stereocenters. The Hall–Kier alpha value is -0.610. The van der Waals surface area contributed by atoms with E-state index in [1.54, 1.807) is 0 Å². The summed E-state index contributed by atoms with van der Waals surface area (Å²) in [7, 11) is 0. The lowest BCUT2D eigenvalue weighted by Gasteiger charge is -2.08. The van der Waals surface area contributed by atoms with Crippen molar-refractivity contribution in [2.45, 2.75) is 46.5 Å². The van der Waals surface area contributed by atoms with Crippen molar-refractivity contribution in [1.29, 1.82) is 0 Å². The molecule has 14 heavy (non-hydrogen) atoms. The third-order valence-electron chi connectivity index (χ3n) is 2.06. The highest BCUT2D eigenvalue weighted by atomic mass is 17.5. The van der Waals surface area contributed by atoms with Crippen LogP contribution in [0.25, 0.3) is 0 Å². The van der Waals surface area contributed by atoms with Crippen molar-refractivity contribution in [3.8, 4) is 0 Å². The fraction of sp³-hybridized carbons (Fsp3) is 0.900. The highest BCUT2D eigenvalue weighted by Crippen LogP contribution is 2.09. The molecule has 4 nitrogen and oxygen atoms in total. The molecular weight excluding hydrogens is 184 g/mol. The predicted octanol–water partition coefficient (Wildman–Crippen LogP) is 2.63. The van der Waals surface area contributed by atoms with Gasteiger partial charge in [0.1, 0.15) is 0 Å². The Kier molecular flexibility index (Phi) is 8.57. The van der Waals surface area contributed by atoms with E-state index < -0.39 is 0 Å². The van der Waals surface area contributed by atoms with Crippen LogP contribution in [0.3, 0.4) is 0 Å². The van der Waals surface area contributed by atoms with Gasteiger partial charge in [0, 0.05) is 0 Å². The number of carbonyl (C=O) groups excluding carboxylic acids is 1. The number of rotatable bonds is 8. The molecule has 0 heterocycles. The van der Waals surface area contributed by atoms with Crippen LogP contribution in [0, 0.1) is 5.92 Å². The molecule has 0 spiro atoms. The van der Waals surface area contributed by atoms with E-state index in [1.807, 2.05) is 20.8 Å². The summed E-state index contributed by atoms with van der Waals surface area (Å²) in [5.74, 6) is -0.448. The highest BCUT2D eigenvalue weighted by molar-refractivity contribution is 5.71. The van der Waals surface area contributed by atoms with Crippen LogP contribution in [0.2, 0.25) is 0 Å². The average molecular weight is 204 g/mol. The molecule has 0 unspecified atom stereocenters. The number of hydrogen-bond donors (Lipinski definition) is 0. The van der Waals surface area contributed by atoms with Crippen LogP contribution >= 0.6 is 0 Å². The molecule has 4 heteroatoms. The lowest BCUT2D eigenvalue weighted by molar-refractivity contribution is -0.487. The molecule has 0 aliphatic heterocycles. The molecule has 0 rings (SSSR count). The van der Waals surface area contributed by atoms with E-state index in [0.717, 1.165) is 25.7 Å². The van der Waals surface area contributed by atoms with Gasteiger partial charge in [-0.3, -0.25) is 4.89 Å². The minimum Gasteiger partial charge on any atom is -0.269 e. The van der Waals surface area contributed by atoms with Crippen LogP contribution < -0.4 is 0 Å². The van der Waals surface area contributed by atoms with E-state index in [2.05, 4.69) is 14.8 Å².